The molecule has 0 aliphatic rings. The van der Waals surface area contributed by atoms with Gasteiger partial charge in [-0.1, -0.05) is 46.2 Å². The van der Waals surface area contributed by atoms with Crippen molar-refractivity contribution in [1.82, 2.24) is 5.32 Å². The summed E-state index contributed by atoms with van der Waals surface area (Å²) in [6.45, 7) is 8.19. The van der Waals surface area contributed by atoms with Gasteiger partial charge in [-0.2, -0.15) is 0 Å². The van der Waals surface area contributed by atoms with Crippen molar-refractivity contribution in [1.29, 1.82) is 0 Å². The van der Waals surface area contributed by atoms with Crippen molar-refractivity contribution in [3.05, 3.63) is 35.4 Å². The maximum Gasteiger partial charge on any atom is 0.326 e. The van der Waals surface area contributed by atoms with Crippen molar-refractivity contribution in [2.45, 2.75) is 52.0 Å². The highest BCUT2D eigenvalue weighted by Gasteiger charge is 2.20. The molecule has 4 nitrogen and oxygen atoms in total. The molecule has 1 atom stereocenters. The Bertz CT molecular complexity index is 471. The summed E-state index contributed by atoms with van der Waals surface area (Å²) in [7, 11) is 0. The molecule has 0 aromatic heterocycles. The van der Waals surface area contributed by atoms with Gasteiger partial charge in [0, 0.05) is 5.56 Å². The Morgan fingerprint density at radius 2 is 1.75 bits per heavy atom. The lowest BCUT2D eigenvalue weighted by Gasteiger charge is -2.19. The monoisotopic (exact) mass is 277 g/mol. The van der Waals surface area contributed by atoms with Crippen molar-refractivity contribution in [2.75, 3.05) is 0 Å². The van der Waals surface area contributed by atoms with E-state index in [1.807, 2.05) is 19.1 Å². The summed E-state index contributed by atoms with van der Waals surface area (Å²) in [5.41, 5.74) is 1.65. The van der Waals surface area contributed by atoms with Gasteiger partial charge < -0.3 is 10.4 Å². The summed E-state index contributed by atoms with van der Waals surface area (Å²) in [5.74, 6) is -1.34. The highest BCUT2D eigenvalue weighted by Crippen LogP contribution is 2.22. The molecular formula is C16H23NO3. The predicted molar refractivity (Wildman–Crippen MR) is 78.9 cm³/mol. The molecule has 0 saturated heterocycles. The van der Waals surface area contributed by atoms with Gasteiger partial charge in [0.2, 0.25) is 0 Å². The summed E-state index contributed by atoms with van der Waals surface area (Å²) in [6.07, 6.45) is 1.14. The number of amides is 1. The van der Waals surface area contributed by atoms with E-state index in [-0.39, 0.29) is 11.3 Å². The molecule has 0 fully saturated rings. The van der Waals surface area contributed by atoms with E-state index in [1.54, 1.807) is 12.1 Å². The van der Waals surface area contributed by atoms with Gasteiger partial charge in [-0.15, -0.1) is 0 Å². The molecule has 0 aliphatic heterocycles. The number of aliphatic carboxylic acids is 1. The zero-order valence-corrected chi connectivity index (χ0v) is 12.6. The molecule has 4 heteroatoms. The summed E-state index contributed by atoms with van der Waals surface area (Å²) in [6, 6.07) is 6.46. The first kappa shape index (κ1) is 16.2. The Morgan fingerprint density at radius 1 is 1.20 bits per heavy atom. The zero-order valence-electron chi connectivity index (χ0n) is 12.6. The van der Waals surface area contributed by atoms with E-state index in [4.69, 9.17) is 5.11 Å². The van der Waals surface area contributed by atoms with Crippen molar-refractivity contribution in [3.63, 3.8) is 0 Å². The van der Waals surface area contributed by atoms with E-state index >= 15 is 0 Å². The molecule has 0 bridgehead atoms. The molecule has 1 aromatic rings. The van der Waals surface area contributed by atoms with Gasteiger partial charge in [0.1, 0.15) is 6.04 Å². The topological polar surface area (TPSA) is 66.4 Å². The number of carbonyl (C=O) groups is 2. The highest BCUT2D eigenvalue weighted by molar-refractivity contribution is 5.96. The first-order valence-corrected chi connectivity index (χ1v) is 6.90. The molecule has 0 aliphatic carbocycles. The van der Waals surface area contributed by atoms with E-state index in [9.17, 15) is 9.59 Å². The average molecular weight is 277 g/mol. The van der Waals surface area contributed by atoms with Crippen molar-refractivity contribution < 1.29 is 14.7 Å². The van der Waals surface area contributed by atoms with Crippen LogP contribution in [0.3, 0.4) is 0 Å². The Balaban J connectivity index is 2.80. The third-order valence-corrected chi connectivity index (χ3v) is 3.19. The Morgan fingerprint density at radius 3 is 2.15 bits per heavy atom. The van der Waals surface area contributed by atoms with Gasteiger partial charge in [-0.05, 0) is 29.5 Å². The first-order valence-electron chi connectivity index (χ1n) is 6.90. The molecule has 0 radical (unpaired) electrons. The second-order valence-electron chi connectivity index (χ2n) is 5.98. The normalized spacial score (nSPS) is 12.8. The van der Waals surface area contributed by atoms with Crippen LogP contribution in [0.4, 0.5) is 0 Å². The molecule has 1 rings (SSSR count). The third-order valence-electron chi connectivity index (χ3n) is 3.19. The third kappa shape index (κ3) is 4.37. The van der Waals surface area contributed by atoms with E-state index in [0.29, 0.717) is 18.4 Å². The molecule has 1 aromatic carbocycles. The standard InChI is InChI=1S/C16H23NO3/c1-5-6-13(15(19)20)17-14(18)11-7-9-12(10-8-11)16(2,3)4/h7-10,13H,5-6H2,1-4H3,(H,17,18)(H,19,20)/t13-/m1/s1. The van der Waals surface area contributed by atoms with Crippen LogP contribution in [0.15, 0.2) is 24.3 Å². The maximum absolute atomic E-state index is 12.0. The SMILES string of the molecule is CCC[C@@H](NC(=O)c1ccc(C(C)(C)C)cc1)C(=O)O. The van der Waals surface area contributed by atoms with Gasteiger partial charge in [-0.3, -0.25) is 4.79 Å². The number of benzene rings is 1. The zero-order chi connectivity index (χ0) is 15.3. The van der Waals surface area contributed by atoms with Gasteiger partial charge >= 0.3 is 5.97 Å². The van der Waals surface area contributed by atoms with Crippen LogP contribution in [0.5, 0.6) is 0 Å². The molecule has 1 amide bonds. The van der Waals surface area contributed by atoms with Crippen LogP contribution < -0.4 is 5.32 Å². The van der Waals surface area contributed by atoms with Crippen LogP contribution in [-0.4, -0.2) is 23.0 Å². The highest BCUT2D eigenvalue weighted by atomic mass is 16.4. The fourth-order valence-electron chi connectivity index (χ4n) is 1.91. The fraction of sp³-hybridized carbons (Fsp3) is 0.500. The van der Waals surface area contributed by atoms with E-state index in [0.717, 1.165) is 5.56 Å². The molecule has 2 N–H and O–H groups in total. The lowest BCUT2D eigenvalue weighted by molar-refractivity contribution is -0.139. The molecular weight excluding hydrogens is 254 g/mol. The molecule has 20 heavy (non-hydrogen) atoms. The van der Waals surface area contributed by atoms with E-state index < -0.39 is 12.0 Å². The van der Waals surface area contributed by atoms with Crippen LogP contribution in [0.2, 0.25) is 0 Å². The number of rotatable bonds is 5. The van der Waals surface area contributed by atoms with Crippen LogP contribution in [0.25, 0.3) is 0 Å². The second-order valence-corrected chi connectivity index (χ2v) is 5.98. The largest absolute Gasteiger partial charge is 0.480 e. The molecule has 0 heterocycles. The molecule has 0 spiro atoms. The quantitative estimate of drug-likeness (QED) is 0.869. The minimum atomic E-state index is -0.994. The van der Waals surface area contributed by atoms with Gasteiger partial charge in [0.25, 0.3) is 5.91 Å². The number of carboxylic acid groups (broad SMARTS) is 1. The van der Waals surface area contributed by atoms with Gasteiger partial charge in [-0.25, -0.2) is 4.79 Å². The lowest BCUT2D eigenvalue weighted by atomic mass is 9.86. The van der Waals surface area contributed by atoms with Crippen molar-refractivity contribution in [3.8, 4) is 0 Å². The van der Waals surface area contributed by atoms with Crippen LogP contribution >= 0.6 is 0 Å². The van der Waals surface area contributed by atoms with Crippen LogP contribution in [0, 0.1) is 0 Å². The summed E-state index contributed by atoms with van der Waals surface area (Å²) < 4.78 is 0. The molecule has 0 unspecified atom stereocenters. The van der Waals surface area contributed by atoms with Crippen LogP contribution in [0.1, 0.15) is 56.5 Å². The number of carboxylic acids is 1. The van der Waals surface area contributed by atoms with Gasteiger partial charge in [0.15, 0.2) is 0 Å². The smallest absolute Gasteiger partial charge is 0.326 e. The Labute approximate surface area is 120 Å². The summed E-state index contributed by atoms with van der Waals surface area (Å²) >= 11 is 0. The minimum Gasteiger partial charge on any atom is -0.480 e. The van der Waals surface area contributed by atoms with Gasteiger partial charge in [0.05, 0.1) is 0 Å². The van der Waals surface area contributed by atoms with E-state index in [2.05, 4.69) is 26.1 Å². The predicted octanol–water partition coefficient (Wildman–Crippen LogP) is 2.97. The number of carbonyl (C=O) groups excluding carboxylic acids is 1. The van der Waals surface area contributed by atoms with Crippen LogP contribution in [-0.2, 0) is 10.2 Å². The minimum absolute atomic E-state index is 0.0286. The number of hydrogen-bond donors (Lipinski definition) is 2. The lowest BCUT2D eigenvalue weighted by Crippen LogP contribution is -2.40. The maximum atomic E-state index is 12.0. The first-order chi connectivity index (χ1) is 9.25. The van der Waals surface area contributed by atoms with Crippen molar-refractivity contribution in [2.24, 2.45) is 0 Å². The number of hydrogen-bond acceptors (Lipinski definition) is 2. The van der Waals surface area contributed by atoms with Crippen molar-refractivity contribution >= 4 is 11.9 Å². The average Bonchev–Trinajstić information content (AvgIpc) is 2.37. The summed E-state index contributed by atoms with van der Waals surface area (Å²) in [5, 5.41) is 11.6. The van der Waals surface area contributed by atoms with E-state index in [1.165, 1.54) is 0 Å². The second kappa shape index (κ2) is 6.55. The molecule has 110 valence electrons. The molecule has 0 saturated carbocycles. The fourth-order valence-corrected chi connectivity index (χ4v) is 1.91. The Hall–Kier alpha value is -1.84. The number of nitrogens with one attached hydrogen (secondary N) is 1. The summed E-state index contributed by atoms with van der Waals surface area (Å²) in [4.78, 5) is 23.0. The Kier molecular flexibility index (Phi) is 5.31.